The summed E-state index contributed by atoms with van der Waals surface area (Å²) >= 11 is 5.80. The van der Waals surface area contributed by atoms with Crippen LogP contribution < -0.4 is 0 Å². The molecule has 0 radical (unpaired) electrons. The zero-order valence-electron chi connectivity index (χ0n) is 11.8. The van der Waals surface area contributed by atoms with Crippen molar-refractivity contribution in [3.05, 3.63) is 38.9 Å². The second-order valence-electron chi connectivity index (χ2n) is 5.17. The van der Waals surface area contributed by atoms with Gasteiger partial charge in [0.15, 0.2) is 0 Å². The molecule has 1 aliphatic carbocycles. The van der Waals surface area contributed by atoms with Crippen molar-refractivity contribution in [3.8, 4) is 0 Å². The number of carbonyl (C=O) groups is 1. The summed E-state index contributed by atoms with van der Waals surface area (Å²) in [5.74, 6) is 0.460. The van der Waals surface area contributed by atoms with Gasteiger partial charge in [0.1, 0.15) is 5.02 Å². The molecule has 0 unspecified atom stereocenters. The molecule has 0 aliphatic heterocycles. The Balaban J connectivity index is 1.88. The predicted octanol–water partition coefficient (Wildman–Crippen LogP) is 2.75. The molecule has 1 fully saturated rings. The van der Waals surface area contributed by atoms with Crippen molar-refractivity contribution in [1.29, 1.82) is 0 Å². The van der Waals surface area contributed by atoms with E-state index in [1.165, 1.54) is 35.9 Å². The molecule has 0 spiro atoms. The van der Waals surface area contributed by atoms with Crippen molar-refractivity contribution < 1.29 is 14.5 Å². The second-order valence-corrected chi connectivity index (χ2v) is 5.58. The lowest BCUT2D eigenvalue weighted by Crippen LogP contribution is -2.30. The number of ether oxygens (including phenoxy) is 1. The van der Waals surface area contributed by atoms with Crippen LogP contribution in [0, 0.1) is 16.0 Å². The highest BCUT2D eigenvalue weighted by Crippen LogP contribution is 2.28. The average Bonchev–Trinajstić information content (AvgIpc) is 3.26. The Morgan fingerprint density at radius 3 is 2.81 bits per heavy atom. The minimum absolute atomic E-state index is 0.0377. The van der Waals surface area contributed by atoms with Gasteiger partial charge >= 0.3 is 0 Å². The molecular formula is C14H17ClN2O4. The molecule has 1 amide bonds. The van der Waals surface area contributed by atoms with E-state index in [9.17, 15) is 14.9 Å². The van der Waals surface area contributed by atoms with E-state index in [-0.39, 0.29) is 16.6 Å². The van der Waals surface area contributed by atoms with Gasteiger partial charge in [0.05, 0.1) is 11.5 Å². The van der Waals surface area contributed by atoms with Crippen LogP contribution in [0.3, 0.4) is 0 Å². The standard InChI is InChI=1S/C14H17ClN2O4/c1-16(6-7-21-9-10-2-3-10)14(18)11-4-5-13(17(19)20)12(15)8-11/h4-5,8,10H,2-3,6-7,9H2,1H3. The fourth-order valence-corrected chi connectivity index (χ4v) is 2.10. The number of amides is 1. The van der Waals surface area contributed by atoms with Crippen LogP contribution >= 0.6 is 11.6 Å². The van der Waals surface area contributed by atoms with Gasteiger partial charge in [-0.15, -0.1) is 0 Å². The Hall–Kier alpha value is -1.66. The third-order valence-electron chi connectivity index (χ3n) is 3.36. The average molecular weight is 313 g/mol. The monoisotopic (exact) mass is 312 g/mol. The molecule has 0 N–H and O–H groups in total. The third-order valence-corrected chi connectivity index (χ3v) is 3.66. The molecule has 1 aromatic carbocycles. The van der Waals surface area contributed by atoms with Gasteiger partial charge in [-0.1, -0.05) is 11.6 Å². The molecule has 21 heavy (non-hydrogen) atoms. The molecular weight excluding hydrogens is 296 g/mol. The second kappa shape index (κ2) is 6.87. The number of rotatable bonds is 7. The lowest BCUT2D eigenvalue weighted by atomic mass is 10.2. The minimum atomic E-state index is -0.577. The number of hydrogen-bond acceptors (Lipinski definition) is 4. The van der Waals surface area contributed by atoms with Crippen LogP contribution in [-0.2, 0) is 4.74 Å². The Morgan fingerprint density at radius 2 is 2.24 bits per heavy atom. The van der Waals surface area contributed by atoms with Crippen LogP contribution in [0.5, 0.6) is 0 Å². The van der Waals surface area contributed by atoms with E-state index < -0.39 is 4.92 Å². The summed E-state index contributed by atoms with van der Waals surface area (Å²) in [4.78, 5) is 23.8. The van der Waals surface area contributed by atoms with E-state index in [1.807, 2.05) is 0 Å². The summed E-state index contributed by atoms with van der Waals surface area (Å²) in [6.07, 6.45) is 2.46. The SMILES string of the molecule is CN(CCOCC1CC1)C(=O)c1ccc([N+](=O)[O-])c(Cl)c1. The molecule has 2 rings (SSSR count). The van der Waals surface area contributed by atoms with Gasteiger partial charge in [0.25, 0.3) is 11.6 Å². The van der Waals surface area contributed by atoms with E-state index in [0.29, 0.717) is 24.6 Å². The van der Waals surface area contributed by atoms with Gasteiger partial charge in [-0.2, -0.15) is 0 Å². The quantitative estimate of drug-likeness (QED) is 0.441. The maximum Gasteiger partial charge on any atom is 0.287 e. The molecule has 1 aliphatic rings. The van der Waals surface area contributed by atoms with Crippen LogP contribution in [0.4, 0.5) is 5.69 Å². The van der Waals surface area contributed by atoms with E-state index >= 15 is 0 Å². The highest BCUT2D eigenvalue weighted by atomic mass is 35.5. The molecule has 1 aromatic rings. The fourth-order valence-electron chi connectivity index (χ4n) is 1.85. The van der Waals surface area contributed by atoms with E-state index in [0.717, 1.165) is 6.61 Å². The summed E-state index contributed by atoms with van der Waals surface area (Å²) in [7, 11) is 1.66. The predicted molar refractivity (Wildman–Crippen MR) is 78.6 cm³/mol. The topological polar surface area (TPSA) is 72.7 Å². The van der Waals surface area contributed by atoms with Gasteiger partial charge in [0, 0.05) is 31.8 Å². The van der Waals surface area contributed by atoms with Gasteiger partial charge in [-0.05, 0) is 30.9 Å². The molecule has 0 saturated heterocycles. The number of nitro groups is 1. The molecule has 0 heterocycles. The van der Waals surface area contributed by atoms with Crippen molar-refractivity contribution in [1.82, 2.24) is 4.90 Å². The summed E-state index contributed by atoms with van der Waals surface area (Å²) in [6, 6.07) is 3.98. The van der Waals surface area contributed by atoms with Crippen LogP contribution in [-0.4, -0.2) is 42.5 Å². The minimum Gasteiger partial charge on any atom is -0.379 e. The lowest BCUT2D eigenvalue weighted by Gasteiger charge is -2.17. The first-order chi connectivity index (χ1) is 9.99. The zero-order valence-corrected chi connectivity index (χ0v) is 12.5. The van der Waals surface area contributed by atoms with Crippen molar-refractivity contribution >= 4 is 23.2 Å². The molecule has 0 bridgehead atoms. The van der Waals surface area contributed by atoms with Gasteiger partial charge in [-0.25, -0.2) is 0 Å². The van der Waals surface area contributed by atoms with Crippen molar-refractivity contribution in [2.24, 2.45) is 5.92 Å². The number of halogens is 1. The fraction of sp³-hybridized carbons (Fsp3) is 0.500. The zero-order chi connectivity index (χ0) is 15.4. The van der Waals surface area contributed by atoms with Crippen molar-refractivity contribution in [3.63, 3.8) is 0 Å². The lowest BCUT2D eigenvalue weighted by molar-refractivity contribution is -0.384. The first-order valence-electron chi connectivity index (χ1n) is 6.76. The Bertz CT molecular complexity index is 546. The summed E-state index contributed by atoms with van der Waals surface area (Å²) in [5.41, 5.74) is 0.124. The van der Waals surface area contributed by atoms with Gasteiger partial charge < -0.3 is 9.64 Å². The van der Waals surface area contributed by atoms with E-state index in [1.54, 1.807) is 7.05 Å². The molecule has 0 aromatic heterocycles. The first-order valence-corrected chi connectivity index (χ1v) is 7.14. The Morgan fingerprint density at radius 1 is 1.52 bits per heavy atom. The number of nitro benzene ring substituents is 1. The Kier molecular flexibility index (Phi) is 5.14. The van der Waals surface area contributed by atoms with Crippen LogP contribution in [0.15, 0.2) is 18.2 Å². The number of carbonyl (C=O) groups excluding carboxylic acids is 1. The van der Waals surface area contributed by atoms with E-state index in [2.05, 4.69) is 0 Å². The van der Waals surface area contributed by atoms with E-state index in [4.69, 9.17) is 16.3 Å². The maximum atomic E-state index is 12.2. The van der Waals surface area contributed by atoms with Crippen molar-refractivity contribution in [2.75, 3.05) is 26.8 Å². The maximum absolute atomic E-state index is 12.2. The normalized spacial score (nSPS) is 14.0. The number of nitrogens with zero attached hydrogens (tertiary/aromatic N) is 2. The van der Waals surface area contributed by atoms with Crippen LogP contribution in [0.25, 0.3) is 0 Å². The molecule has 6 nitrogen and oxygen atoms in total. The molecule has 114 valence electrons. The summed E-state index contributed by atoms with van der Waals surface area (Å²) in [5, 5.41) is 10.6. The molecule has 0 atom stereocenters. The smallest absolute Gasteiger partial charge is 0.287 e. The van der Waals surface area contributed by atoms with Gasteiger partial charge in [0.2, 0.25) is 0 Å². The Labute approximate surface area is 127 Å². The van der Waals surface area contributed by atoms with Crippen LogP contribution in [0.2, 0.25) is 5.02 Å². The number of hydrogen-bond donors (Lipinski definition) is 0. The molecule has 7 heteroatoms. The number of benzene rings is 1. The first kappa shape index (κ1) is 15.7. The summed E-state index contributed by atoms with van der Waals surface area (Å²) < 4.78 is 5.48. The van der Waals surface area contributed by atoms with Gasteiger partial charge in [-0.3, -0.25) is 14.9 Å². The largest absolute Gasteiger partial charge is 0.379 e. The highest BCUT2D eigenvalue weighted by molar-refractivity contribution is 6.33. The molecule has 1 saturated carbocycles. The third kappa shape index (κ3) is 4.41. The highest BCUT2D eigenvalue weighted by Gasteiger charge is 2.21. The van der Waals surface area contributed by atoms with Crippen molar-refractivity contribution in [2.45, 2.75) is 12.8 Å². The number of likely N-dealkylation sites (N-methyl/N-ethyl adjacent to an activating group) is 1. The van der Waals surface area contributed by atoms with Crippen LogP contribution in [0.1, 0.15) is 23.2 Å². The summed E-state index contributed by atoms with van der Waals surface area (Å²) in [6.45, 7) is 1.71.